The van der Waals surface area contributed by atoms with Crippen LogP contribution >= 0.6 is 24.0 Å². The Morgan fingerprint density at radius 1 is 1.29 bits per heavy atom. The van der Waals surface area contributed by atoms with Crippen LogP contribution in [-0.2, 0) is 11.3 Å². The van der Waals surface area contributed by atoms with Crippen molar-refractivity contribution in [3.63, 3.8) is 0 Å². The zero-order chi connectivity index (χ0) is 16.7. The van der Waals surface area contributed by atoms with E-state index in [1.807, 2.05) is 13.8 Å². The van der Waals surface area contributed by atoms with Crippen molar-refractivity contribution in [1.82, 2.24) is 25.3 Å². The second-order valence-corrected chi connectivity index (χ2v) is 5.08. The Balaban J connectivity index is 0.00000288. The number of piperazine rings is 1. The first-order valence-electron chi connectivity index (χ1n) is 7.88. The molecule has 1 aromatic heterocycles. The number of hydrogen-bond acceptors (Lipinski definition) is 6. The van der Waals surface area contributed by atoms with E-state index < -0.39 is 0 Å². The van der Waals surface area contributed by atoms with E-state index in [-0.39, 0.29) is 30.1 Å². The number of aromatic nitrogens is 2. The molecule has 10 heteroatoms. The lowest BCUT2D eigenvalue weighted by atomic mass is 10.3. The van der Waals surface area contributed by atoms with Crippen LogP contribution in [0, 0.1) is 6.92 Å². The molecule has 1 aliphatic heterocycles. The molecule has 0 aromatic carbocycles. The van der Waals surface area contributed by atoms with E-state index in [2.05, 4.69) is 25.3 Å². The monoisotopic (exact) mass is 452 g/mol. The van der Waals surface area contributed by atoms with Crippen molar-refractivity contribution in [3.8, 4) is 0 Å². The highest BCUT2D eigenvalue weighted by molar-refractivity contribution is 14.0. The van der Waals surface area contributed by atoms with Gasteiger partial charge >= 0.3 is 6.09 Å². The molecule has 0 atom stereocenters. The first-order chi connectivity index (χ1) is 11.1. The SMILES string of the molecule is CCNC(=NCc1nc(C)no1)N1CCN(C(=O)OCC)CC1.I. The van der Waals surface area contributed by atoms with Crippen molar-refractivity contribution in [3.05, 3.63) is 11.7 Å². The van der Waals surface area contributed by atoms with Gasteiger partial charge in [-0.3, -0.25) is 0 Å². The van der Waals surface area contributed by atoms with Gasteiger partial charge in [0.25, 0.3) is 0 Å². The van der Waals surface area contributed by atoms with Gasteiger partial charge in [0.05, 0.1) is 6.61 Å². The van der Waals surface area contributed by atoms with E-state index in [4.69, 9.17) is 9.26 Å². The lowest BCUT2D eigenvalue weighted by Gasteiger charge is -2.35. The smallest absolute Gasteiger partial charge is 0.409 e. The predicted octanol–water partition coefficient (Wildman–Crippen LogP) is 1.24. The fourth-order valence-electron chi connectivity index (χ4n) is 2.29. The number of carbonyl (C=O) groups excluding carboxylic acids is 1. The maximum atomic E-state index is 11.7. The number of ether oxygens (including phenoxy) is 1. The number of aryl methyl sites for hydroxylation is 1. The summed E-state index contributed by atoms with van der Waals surface area (Å²) in [5.41, 5.74) is 0. The van der Waals surface area contributed by atoms with Crippen molar-refractivity contribution in [2.45, 2.75) is 27.3 Å². The minimum Gasteiger partial charge on any atom is -0.450 e. The van der Waals surface area contributed by atoms with Crippen molar-refractivity contribution >= 4 is 36.0 Å². The second-order valence-electron chi connectivity index (χ2n) is 5.08. The molecule has 0 bridgehead atoms. The van der Waals surface area contributed by atoms with E-state index in [1.54, 1.807) is 11.8 Å². The molecule has 0 aliphatic carbocycles. The molecule has 1 N–H and O–H groups in total. The van der Waals surface area contributed by atoms with Gasteiger partial charge in [0.2, 0.25) is 5.89 Å². The largest absolute Gasteiger partial charge is 0.450 e. The number of hydrogen-bond donors (Lipinski definition) is 1. The van der Waals surface area contributed by atoms with Crippen LogP contribution < -0.4 is 5.32 Å². The van der Waals surface area contributed by atoms with Crippen molar-refractivity contribution in [2.24, 2.45) is 4.99 Å². The van der Waals surface area contributed by atoms with E-state index in [1.165, 1.54) is 0 Å². The summed E-state index contributed by atoms with van der Waals surface area (Å²) in [6.07, 6.45) is -0.254. The van der Waals surface area contributed by atoms with Crippen molar-refractivity contribution in [2.75, 3.05) is 39.3 Å². The Morgan fingerprint density at radius 3 is 2.50 bits per heavy atom. The molecule has 1 aromatic rings. The fraction of sp³-hybridized carbons (Fsp3) is 0.714. The van der Waals surface area contributed by atoms with Crippen LogP contribution in [0.3, 0.4) is 0 Å². The van der Waals surface area contributed by atoms with E-state index >= 15 is 0 Å². The zero-order valence-corrected chi connectivity index (χ0v) is 16.6. The molecule has 2 heterocycles. The molecule has 1 amide bonds. The Bertz CT molecular complexity index is 542. The zero-order valence-electron chi connectivity index (χ0n) is 14.3. The highest BCUT2D eigenvalue weighted by atomic mass is 127. The maximum Gasteiger partial charge on any atom is 0.409 e. The number of halogens is 1. The molecular weight excluding hydrogens is 427 g/mol. The highest BCUT2D eigenvalue weighted by Crippen LogP contribution is 2.06. The number of aliphatic imine (C=N–C) groups is 1. The van der Waals surface area contributed by atoms with Crippen LogP contribution in [0.1, 0.15) is 25.6 Å². The summed E-state index contributed by atoms with van der Waals surface area (Å²) in [4.78, 5) is 24.2. The Kier molecular flexibility index (Phi) is 8.79. The standard InChI is InChI=1S/C14H24N6O3.HI/c1-4-15-13(16-10-12-17-11(3)18-23-12)19-6-8-20(9-7-19)14(21)22-5-2;/h4-10H2,1-3H3,(H,15,16);1H. The molecule has 0 saturated carbocycles. The summed E-state index contributed by atoms with van der Waals surface area (Å²) >= 11 is 0. The summed E-state index contributed by atoms with van der Waals surface area (Å²) in [6.45, 7) is 9.72. The molecule has 1 fully saturated rings. The summed E-state index contributed by atoms with van der Waals surface area (Å²) in [5.74, 6) is 1.87. The third kappa shape index (κ3) is 5.80. The number of guanidine groups is 1. The van der Waals surface area contributed by atoms with Gasteiger partial charge in [-0.05, 0) is 20.8 Å². The third-order valence-electron chi connectivity index (χ3n) is 3.37. The van der Waals surface area contributed by atoms with E-state index in [9.17, 15) is 4.79 Å². The van der Waals surface area contributed by atoms with E-state index in [0.29, 0.717) is 51.0 Å². The van der Waals surface area contributed by atoms with Crippen LogP contribution in [0.5, 0.6) is 0 Å². The van der Waals surface area contributed by atoms with Crippen LogP contribution in [0.15, 0.2) is 9.52 Å². The van der Waals surface area contributed by atoms with Crippen LogP contribution in [0.4, 0.5) is 4.79 Å². The number of amides is 1. The first-order valence-corrected chi connectivity index (χ1v) is 7.88. The molecule has 9 nitrogen and oxygen atoms in total. The molecule has 24 heavy (non-hydrogen) atoms. The highest BCUT2D eigenvalue weighted by Gasteiger charge is 2.23. The van der Waals surface area contributed by atoms with Gasteiger partial charge in [-0.25, -0.2) is 9.79 Å². The Morgan fingerprint density at radius 2 is 1.96 bits per heavy atom. The summed E-state index contributed by atoms with van der Waals surface area (Å²) in [6, 6.07) is 0. The topological polar surface area (TPSA) is 96.1 Å². The second kappa shape index (κ2) is 10.3. The molecule has 0 unspecified atom stereocenters. The van der Waals surface area contributed by atoms with E-state index in [0.717, 1.165) is 12.5 Å². The van der Waals surface area contributed by atoms with Gasteiger partial charge in [0, 0.05) is 32.7 Å². The normalized spacial score (nSPS) is 15.0. The predicted molar refractivity (Wildman–Crippen MR) is 99.4 cm³/mol. The number of nitrogens with one attached hydrogen (secondary N) is 1. The van der Waals surface area contributed by atoms with Crippen molar-refractivity contribution < 1.29 is 14.1 Å². The maximum absolute atomic E-state index is 11.7. The van der Waals surface area contributed by atoms with Crippen LogP contribution in [0.25, 0.3) is 0 Å². The summed E-state index contributed by atoms with van der Waals surface area (Å²) in [7, 11) is 0. The Labute approximate surface area is 158 Å². The van der Waals surface area contributed by atoms with Crippen LogP contribution in [0.2, 0.25) is 0 Å². The summed E-state index contributed by atoms with van der Waals surface area (Å²) in [5, 5.41) is 7.00. The minimum atomic E-state index is -0.254. The lowest BCUT2D eigenvalue weighted by molar-refractivity contribution is 0.0914. The number of carbonyl (C=O) groups is 1. The quantitative estimate of drug-likeness (QED) is 0.417. The average Bonchev–Trinajstić information content (AvgIpc) is 2.97. The van der Waals surface area contributed by atoms with Gasteiger partial charge in [-0.1, -0.05) is 5.16 Å². The molecule has 0 spiro atoms. The molecule has 1 aliphatic rings. The lowest BCUT2D eigenvalue weighted by Crippen LogP contribution is -2.53. The molecule has 2 rings (SSSR count). The third-order valence-corrected chi connectivity index (χ3v) is 3.37. The summed E-state index contributed by atoms with van der Waals surface area (Å²) < 4.78 is 10.1. The van der Waals surface area contributed by atoms with Gasteiger partial charge in [0.15, 0.2) is 11.8 Å². The molecule has 136 valence electrons. The van der Waals surface area contributed by atoms with Crippen LogP contribution in [-0.4, -0.2) is 71.3 Å². The molecule has 0 radical (unpaired) electrons. The number of nitrogens with zero attached hydrogens (tertiary/aromatic N) is 5. The molecular formula is C14H25IN6O3. The minimum absolute atomic E-state index is 0. The fourth-order valence-corrected chi connectivity index (χ4v) is 2.29. The van der Waals surface area contributed by atoms with Gasteiger partial charge in [-0.15, -0.1) is 24.0 Å². The average molecular weight is 452 g/mol. The van der Waals surface area contributed by atoms with Gasteiger partial charge in [0.1, 0.15) is 6.54 Å². The van der Waals surface area contributed by atoms with Crippen molar-refractivity contribution in [1.29, 1.82) is 0 Å². The number of rotatable bonds is 4. The van der Waals surface area contributed by atoms with Gasteiger partial charge < -0.3 is 24.4 Å². The Hall–Kier alpha value is -1.59. The molecule has 1 saturated heterocycles. The first kappa shape index (κ1) is 20.5. The van der Waals surface area contributed by atoms with Gasteiger partial charge in [-0.2, -0.15) is 4.98 Å².